The lowest BCUT2D eigenvalue weighted by Crippen LogP contribution is -2.06. The minimum atomic E-state index is -4.45. The van der Waals surface area contributed by atoms with Gasteiger partial charge in [0.25, 0.3) is 40.5 Å². The van der Waals surface area contributed by atoms with Crippen molar-refractivity contribution >= 4 is 107 Å². The fourth-order valence-electron chi connectivity index (χ4n) is 6.70. The van der Waals surface area contributed by atoms with E-state index in [0.29, 0.717) is 16.9 Å². The Bertz CT molecular complexity index is 3800. The number of rotatable bonds is 17. The monoisotopic (exact) mass is 1040 g/mol. The molecule has 0 amide bonds. The molecule has 70 heavy (non-hydrogen) atoms. The van der Waals surface area contributed by atoms with Gasteiger partial charge in [-0.15, -0.1) is 20.5 Å². The van der Waals surface area contributed by atoms with Crippen LogP contribution >= 0.6 is 11.3 Å². The van der Waals surface area contributed by atoms with Crippen LogP contribution in [0.25, 0.3) is 21.9 Å². The van der Waals surface area contributed by atoms with Gasteiger partial charge in [0.05, 0.1) is 49.5 Å². The van der Waals surface area contributed by atoms with Gasteiger partial charge in [0.1, 0.15) is 38.2 Å². The molecule has 0 spiro atoms. The number of hydrogen-bond donors (Lipinski definition) is 2. The van der Waals surface area contributed by atoms with Gasteiger partial charge in [0.2, 0.25) is 0 Å². The van der Waals surface area contributed by atoms with Crippen LogP contribution in [-0.2, 0) is 57.2 Å². The molecule has 0 aliphatic rings. The molecule has 7 aromatic rings. The number of nitrogens with zero attached hydrogens (tertiary/aromatic N) is 7. The van der Waals surface area contributed by atoms with Crippen LogP contribution in [-0.4, -0.2) is 67.1 Å². The molecule has 358 valence electrons. The maximum atomic E-state index is 13.2. The molecule has 0 radical (unpaired) electrons. The number of anilines is 4. The summed E-state index contributed by atoms with van der Waals surface area (Å²) in [6, 6.07) is 30.2. The summed E-state index contributed by atoms with van der Waals surface area (Å²) in [6.45, 7) is 1.56. The molecule has 26 heteroatoms. The Morgan fingerprint density at radius 1 is 0.543 bits per heavy atom. The first kappa shape index (κ1) is 50.5. The number of pyridine rings is 1. The van der Waals surface area contributed by atoms with E-state index in [1.807, 2.05) is 0 Å². The lowest BCUT2D eigenvalue weighted by Gasteiger charge is -2.16. The molecule has 0 aliphatic heterocycles. The topological polar surface area (TPSA) is 307 Å². The molecule has 21 nitrogen and oxygen atoms in total. The summed E-state index contributed by atoms with van der Waals surface area (Å²) in [4.78, 5) is 3.64. The van der Waals surface area contributed by atoms with Gasteiger partial charge < -0.3 is 10.6 Å². The van der Waals surface area contributed by atoms with E-state index in [1.165, 1.54) is 72.8 Å². The summed E-state index contributed by atoms with van der Waals surface area (Å²) in [5, 5.41) is 45.0. The average Bonchev–Trinajstić information content (AvgIpc) is 3.72. The number of azo groups is 2. The number of fused-ring (bicyclic) bond motifs is 1. The molecule has 2 heterocycles. The van der Waals surface area contributed by atoms with Gasteiger partial charge in [-0.2, -0.15) is 44.2 Å². The second-order valence-electron chi connectivity index (χ2n) is 14.2. The molecule has 0 bridgehead atoms. The van der Waals surface area contributed by atoms with Gasteiger partial charge in [-0.05, 0) is 79.2 Å². The summed E-state index contributed by atoms with van der Waals surface area (Å²) < 4.78 is 120. The summed E-state index contributed by atoms with van der Waals surface area (Å²) in [5.41, 5.74) is 1.53. The molecule has 7 rings (SSSR count). The Labute approximate surface area is 405 Å². The highest BCUT2D eigenvalue weighted by Gasteiger charge is 2.26. The number of aromatic nitrogens is 1. The van der Waals surface area contributed by atoms with E-state index >= 15 is 0 Å². The molecule has 0 atom stereocenters. The van der Waals surface area contributed by atoms with Gasteiger partial charge in [-0.25, -0.2) is 4.98 Å². The number of nitriles is 2. The zero-order valence-corrected chi connectivity index (χ0v) is 41.0. The number of thiophene rings is 1. The van der Waals surface area contributed by atoms with Crippen LogP contribution in [0.2, 0.25) is 0 Å². The third kappa shape index (κ3) is 10.3. The fraction of sp³-hybridized carbons (Fsp3) is 0.114. The normalized spacial score (nSPS) is 12.3. The summed E-state index contributed by atoms with van der Waals surface area (Å²) in [6.07, 6.45) is 0. The van der Waals surface area contributed by atoms with Crippen molar-refractivity contribution in [2.45, 2.75) is 26.5 Å². The molecular formula is C44H35N9O12S5. The van der Waals surface area contributed by atoms with E-state index in [0.717, 1.165) is 45.8 Å². The van der Waals surface area contributed by atoms with Crippen molar-refractivity contribution in [2.24, 2.45) is 20.5 Å². The van der Waals surface area contributed by atoms with Crippen molar-refractivity contribution in [2.75, 3.05) is 39.1 Å². The first-order chi connectivity index (χ1) is 33.3. The standard InChI is InChI=1S/C44H35N9O12S5/c1-26-35(24-45)41(47-28-14-18-31(19-15-28)67(54,55)62-2)49-42(48-29-16-20-32(21-17-29)68(56,57)63-3)40(26)51-52-43-36(25-46)39(27-10-7-6-8-11-27)44(66-43)53-50-30-22-34-33(38(23-30)70(60,61)65-5)12-9-13-37(34)69(58,59)64-4/h6-23H,1-5H3,(H2,47,48,49). The quantitative estimate of drug-likeness (QED) is 0.0633. The van der Waals surface area contributed by atoms with E-state index in [1.54, 1.807) is 37.3 Å². The van der Waals surface area contributed by atoms with E-state index in [-0.39, 0.29) is 80.7 Å². The van der Waals surface area contributed by atoms with Crippen molar-refractivity contribution in [3.05, 3.63) is 126 Å². The first-order valence-corrected chi connectivity index (χ1v) is 26.2. The van der Waals surface area contributed by atoms with Crippen LogP contribution in [0, 0.1) is 29.6 Å². The first-order valence-electron chi connectivity index (χ1n) is 19.7. The number of nitrogens with one attached hydrogen (secondary N) is 2. The molecule has 0 saturated carbocycles. The molecular weight excluding hydrogens is 1010 g/mol. The molecule has 0 aliphatic carbocycles. The number of hydrogen-bond acceptors (Lipinski definition) is 22. The highest BCUT2D eigenvalue weighted by Crippen LogP contribution is 2.49. The molecule has 0 unspecified atom stereocenters. The molecule has 2 aromatic heterocycles. The van der Waals surface area contributed by atoms with Gasteiger partial charge in [-0.3, -0.25) is 16.7 Å². The Hall–Kier alpha value is -7.37. The number of benzene rings is 5. The van der Waals surface area contributed by atoms with Crippen molar-refractivity contribution in [1.29, 1.82) is 10.5 Å². The molecule has 5 aromatic carbocycles. The van der Waals surface area contributed by atoms with Gasteiger partial charge >= 0.3 is 0 Å². The fourth-order valence-corrected chi connectivity index (χ4v) is 10.7. The highest BCUT2D eigenvalue weighted by atomic mass is 32.2. The Morgan fingerprint density at radius 3 is 1.61 bits per heavy atom. The van der Waals surface area contributed by atoms with Crippen molar-refractivity contribution in [3.63, 3.8) is 0 Å². The summed E-state index contributed by atoms with van der Waals surface area (Å²) in [5.74, 6) is 0.00211. The third-order valence-electron chi connectivity index (χ3n) is 10.2. The summed E-state index contributed by atoms with van der Waals surface area (Å²) >= 11 is 0.873. The average molecular weight is 1040 g/mol. The molecule has 2 N–H and O–H groups in total. The van der Waals surface area contributed by atoms with Crippen molar-refractivity contribution in [3.8, 4) is 23.3 Å². The maximum Gasteiger partial charge on any atom is 0.297 e. The van der Waals surface area contributed by atoms with Crippen molar-refractivity contribution in [1.82, 2.24) is 4.98 Å². The maximum absolute atomic E-state index is 13.2. The summed E-state index contributed by atoms with van der Waals surface area (Å²) in [7, 11) is -12.9. The third-order valence-corrected chi connectivity index (χ3v) is 16.4. The Morgan fingerprint density at radius 2 is 1.07 bits per heavy atom. The van der Waals surface area contributed by atoms with Gasteiger partial charge in [0.15, 0.2) is 16.6 Å². The van der Waals surface area contributed by atoms with E-state index in [9.17, 15) is 44.2 Å². The lowest BCUT2D eigenvalue weighted by molar-refractivity contribution is 0.396. The van der Waals surface area contributed by atoms with Crippen LogP contribution < -0.4 is 10.6 Å². The second-order valence-corrected chi connectivity index (χ2v) is 22.0. The minimum Gasteiger partial charge on any atom is -0.339 e. The van der Waals surface area contributed by atoms with Gasteiger partial charge in [-0.1, -0.05) is 53.8 Å². The zero-order chi connectivity index (χ0) is 50.6. The Kier molecular flexibility index (Phi) is 14.6. The molecule has 0 saturated heterocycles. The smallest absolute Gasteiger partial charge is 0.297 e. The zero-order valence-electron chi connectivity index (χ0n) is 37.0. The van der Waals surface area contributed by atoms with E-state index in [2.05, 4.69) is 56.6 Å². The van der Waals surface area contributed by atoms with Crippen LogP contribution in [0.4, 0.5) is 44.4 Å². The Balaban J connectivity index is 1.38. The highest BCUT2D eigenvalue weighted by molar-refractivity contribution is 7.87. The van der Waals surface area contributed by atoms with Crippen molar-refractivity contribution < 1.29 is 50.4 Å². The minimum absolute atomic E-state index is 0.00165. The van der Waals surface area contributed by atoms with Crippen LogP contribution in [0.1, 0.15) is 16.7 Å². The van der Waals surface area contributed by atoms with E-state index < -0.39 is 45.4 Å². The SMILES string of the molecule is COS(=O)(=O)c1ccc(Nc2nc(Nc3ccc(S(=O)(=O)OC)cc3)c(N=Nc3sc(N=Nc4cc(S(=O)(=O)OC)c5cccc(S(=O)(=O)OC)c5c4)c(-c4ccccc4)c3C#N)c(C)c2C#N)cc1. The largest absolute Gasteiger partial charge is 0.339 e. The van der Waals surface area contributed by atoms with Gasteiger partial charge in [0, 0.05) is 33.3 Å². The predicted molar refractivity (Wildman–Crippen MR) is 257 cm³/mol. The van der Waals surface area contributed by atoms with Crippen LogP contribution in [0.3, 0.4) is 0 Å². The van der Waals surface area contributed by atoms with E-state index in [4.69, 9.17) is 8.37 Å². The molecule has 0 fully saturated rings. The predicted octanol–water partition coefficient (Wildman–Crippen LogP) is 9.67. The van der Waals surface area contributed by atoms with Crippen LogP contribution in [0.5, 0.6) is 0 Å². The van der Waals surface area contributed by atoms with Crippen LogP contribution in [0.15, 0.2) is 149 Å². The second kappa shape index (κ2) is 20.3. The lowest BCUT2D eigenvalue weighted by atomic mass is 10.0.